The first-order chi connectivity index (χ1) is 9.06. The van der Waals surface area contributed by atoms with Crippen molar-refractivity contribution in [2.45, 2.75) is 26.3 Å². The average molecular weight is 277 g/mol. The van der Waals surface area contributed by atoms with E-state index in [1.54, 1.807) is 24.3 Å². The normalized spacial score (nSPS) is 10.7. The Kier molecular flexibility index (Phi) is 4.11. The molecule has 2 aromatic rings. The number of anilines is 1. The lowest BCUT2D eigenvalue weighted by atomic mass is 10.1. The van der Waals surface area contributed by atoms with Crippen LogP contribution in [-0.2, 0) is 6.54 Å². The third-order valence-electron chi connectivity index (χ3n) is 2.60. The molecular weight excluding hydrogens is 262 g/mol. The number of carbonyl (C=O) groups is 1. The summed E-state index contributed by atoms with van der Waals surface area (Å²) in [7, 11) is 0. The number of rotatable bonds is 5. The van der Waals surface area contributed by atoms with Crippen LogP contribution in [0.5, 0.6) is 0 Å². The van der Waals surface area contributed by atoms with E-state index in [1.165, 1.54) is 11.5 Å². The molecule has 0 aliphatic heterocycles. The van der Waals surface area contributed by atoms with Crippen molar-refractivity contribution in [2.75, 3.05) is 5.32 Å². The zero-order chi connectivity index (χ0) is 13.8. The average Bonchev–Trinajstić information content (AvgIpc) is 2.86. The molecule has 0 spiro atoms. The fraction of sp³-hybridized carbons (Fsp3) is 0.308. The highest BCUT2D eigenvalue weighted by Gasteiger charge is 2.07. The number of carboxylic acids is 1. The van der Waals surface area contributed by atoms with Gasteiger partial charge in [-0.15, -0.1) is 0 Å². The first kappa shape index (κ1) is 13.5. The highest BCUT2D eigenvalue weighted by molar-refractivity contribution is 7.09. The van der Waals surface area contributed by atoms with Crippen LogP contribution in [-0.4, -0.2) is 20.4 Å². The van der Waals surface area contributed by atoms with Crippen molar-refractivity contribution in [3.05, 3.63) is 41.2 Å². The lowest BCUT2D eigenvalue weighted by Gasteiger charge is -2.03. The van der Waals surface area contributed by atoms with Gasteiger partial charge in [-0.2, -0.15) is 4.37 Å². The minimum Gasteiger partial charge on any atom is -0.478 e. The Balaban J connectivity index is 1.96. The Bertz CT molecular complexity index is 564. The van der Waals surface area contributed by atoms with E-state index in [9.17, 15) is 4.79 Å². The van der Waals surface area contributed by atoms with Gasteiger partial charge in [0.15, 0.2) is 0 Å². The van der Waals surface area contributed by atoms with Crippen LogP contribution in [0.15, 0.2) is 24.3 Å². The molecule has 0 amide bonds. The van der Waals surface area contributed by atoms with E-state index < -0.39 is 5.97 Å². The molecule has 1 aromatic carbocycles. The van der Waals surface area contributed by atoms with Gasteiger partial charge in [0.2, 0.25) is 5.13 Å². The van der Waals surface area contributed by atoms with Crippen LogP contribution in [0.1, 0.15) is 41.5 Å². The highest BCUT2D eigenvalue weighted by atomic mass is 32.1. The third kappa shape index (κ3) is 3.51. The van der Waals surface area contributed by atoms with Crippen molar-refractivity contribution >= 4 is 22.6 Å². The van der Waals surface area contributed by atoms with Crippen molar-refractivity contribution in [1.29, 1.82) is 0 Å². The second-order valence-corrected chi connectivity index (χ2v) is 5.22. The van der Waals surface area contributed by atoms with Crippen LogP contribution < -0.4 is 5.32 Å². The van der Waals surface area contributed by atoms with Crippen LogP contribution in [0.3, 0.4) is 0 Å². The molecule has 2 rings (SSSR count). The summed E-state index contributed by atoms with van der Waals surface area (Å²) in [5, 5.41) is 12.8. The number of hydrogen-bond donors (Lipinski definition) is 2. The molecule has 0 saturated heterocycles. The molecule has 0 unspecified atom stereocenters. The molecule has 1 aromatic heterocycles. The number of nitrogens with one attached hydrogen (secondary N) is 1. The SMILES string of the molecule is CC(C)c1nsc(NCc2ccc(C(=O)O)cc2)n1. The number of carboxylic acid groups (broad SMARTS) is 1. The summed E-state index contributed by atoms with van der Waals surface area (Å²) in [5.41, 5.74) is 1.30. The van der Waals surface area contributed by atoms with Gasteiger partial charge < -0.3 is 10.4 Å². The van der Waals surface area contributed by atoms with Crippen LogP contribution >= 0.6 is 11.5 Å². The molecule has 1 heterocycles. The Morgan fingerprint density at radius 1 is 1.37 bits per heavy atom. The van der Waals surface area contributed by atoms with Gasteiger partial charge in [0.05, 0.1) is 5.56 Å². The fourth-order valence-corrected chi connectivity index (χ4v) is 2.19. The number of hydrogen-bond acceptors (Lipinski definition) is 5. The predicted molar refractivity (Wildman–Crippen MR) is 74.7 cm³/mol. The van der Waals surface area contributed by atoms with E-state index in [4.69, 9.17) is 5.11 Å². The van der Waals surface area contributed by atoms with Gasteiger partial charge in [0, 0.05) is 24.0 Å². The summed E-state index contributed by atoms with van der Waals surface area (Å²) in [6.45, 7) is 4.71. The number of nitrogens with zero attached hydrogens (tertiary/aromatic N) is 2. The molecule has 0 aliphatic rings. The molecule has 100 valence electrons. The standard InChI is InChI=1S/C13H15N3O2S/c1-8(2)11-15-13(19-16-11)14-7-9-3-5-10(6-4-9)12(17)18/h3-6,8H,7H2,1-2H3,(H,17,18)(H,14,15,16). The molecule has 5 nitrogen and oxygen atoms in total. The van der Waals surface area contributed by atoms with Crippen LogP contribution in [0, 0.1) is 0 Å². The first-order valence-corrected chi connectivity index (χ1v) is 6.73. The summed E-state index contributed by atoms with van der Waals surface area (Å²) in [6.07, 6.45) is 0. The number of aromatic nitrogens is 2. The van der Waals surface area contributed by atoms with Gasteiger partial charge >= 0.3 is 5.97 Å². The molecular formula is C13H15N3O2S. The van der Waals surface area contributed by atoms with Crippen molar-refractivity contribution < 1.29 is 9.90 Å². The van der Waals surface area contributed by atoms with Gasteiger partial charge in [-0.25, -0.2) is 9.78 Å². The lowest BCUT2D eigenvalue weighted by Crippen LogP contribution is -2.01. The van der Waals surface area contributed by atoms with Gasteiger partial charge in [0.1, 0.15) is 5.82 Å². The maximum Gasteiger partial charge on any atom is 0.335 e. The molecule has 0 bridgehead atoms. The van der Waals surface area contributed by atoms with Gasteiger partial charge in [0.25, 0.3) is 0 Å². The van der Waals surface area contributed by atoms with Gasteiger partial charge in [-0.05, 0) is 17.7 Å². The predicted octanol–water partition coefficient (Wildman–Crippen LogP) is 2.97. The Labute approximate surface area is 115 Å². The van der Waals surface area contributed by atoms with Gasteiger partial charge in [-0.3, -0.25) is 0 Å². The number of benzene rings is 1. The summed E-state index contributed by atoms with van der Waals surface area (Å²) in [6, 6.07) is 6.78. The van der Waals surface area contributed by atoms with E-state index >= 15 is 0 Å². The van der Waals surface area contributed by atoms with Gasteiger partial charge in [-0.1, -0.05) is 26.0 Å². The quantitative estimate of drug-likeness (QED) is 0.878. The van der Waals surface area contributed by atoms with Crippen molar-refractivity contribution in [1.82, 2.24) is 9.36 Å². The van der Waals surface area contributed by atoms with E-state index in [-0.39, 0.29) is 0 Å². The van der Waals surface area contributed by atoms with E-state index in [0.29, 0.717) is 18.0 Å². The maximum absolute atomic E-state index is 10.7. The first-order valence-electron chi connectivity index (χ1n) is 5.96. The number of aromatic carboxylic acids is 1. The Hall–Kier alpha value is -1.95. The molecule has 19 heavy (non-hydrogen) atoms. The minimum atomic E-state index is -0.912. The summed E-state index contributed by atoms with van der Waals surface area (Å²) < 4.78 is 4.26. The zero-order valence-electron chi connectivity index (χ0n) is 10.8. The van der Waals surface area contributed by atoms with Crippen molar-refractivity contribution in [3.63, 3.8) is 0 Å². The molecule has 0 fully saturated rings. The summed E-state index contributed by atoms with van der Waals surface area (Å²) in [5.74, 6) is 0.251. The maximum atomic E-state index is 10.7. The van der Waals surface area contributed by atoms with Crippen molar-refractivity contribution in [2.24, 2.45) is 0 Å². The molecule has 0 saturated carbocycles. The third-order valence-corrected chi connectivity index (χ3v) is 3.29. The van der Waals surface area contributed by atoms with E-state index in [1.807, 2.05) is 0 Å². The smallest absolute Gasteiger partial charge is 0.335 e. The summed E-state index contributed by atoms with van der Waals surface area (Å²) >= 11 is 1.34. The molecule has 0 radical (unpaired) electrons. The fourth-order valence-electron chi connectivity index (χ4n) is 1.48. The second-order valence-electron chi connectivity index (χ2n) is 4.47. The molecule has 0 aliphatic carbocycles. The second kappa shape index (κ2) is 5.79. The van der Waals surface area contributed by atoms with Crippen molar-refractivity contribution in [3.8, 4) is 0 Å². The molecule has 0 atom stereocenters. The minimum absolute atomic E-state index is 0.293. The Morgan fingerprint density at radius 3 is 2.58 bits per heavy atom. The summed E-state index contributed by atoms with van der Waals surface area (Å²) in [4.78, 5) is 15.1. The van der Waals surface area contributed by atoms with E-state index in [2.05, 4.69) is 28.5 Å². The van der Waals surface area contributed by atoms with Crippen LogP contribution in [0.4, 0.5) is 5.13 Å². The Morgan fingerprint density at radius 2 is 2.05 bits per heavy atom. The monoisotopic (exact) mass is 277 g/mol. The largest absolute Gasteiger partial charge is 0.478 e. The molecule has 6 heteroatoms. The van der Waals surface area contributed by atoms with Crippen LogP contribution in [0.2, 0.25) is 0 Å². The van der Waals surface area contributed by atoms with E-state index in [0.717, 1.165) is 16.5 Å². The molecule has 2 N–H and O–H groups in total. The topological polar surface area (TPSA) is 75.1 Å². The van der Waals surface area contributed by atoms with Crippen LogP contribution in [0.25, 0.3) is 0 Å². The highest BCUT2D eigenvalue weighted by Crippen LogP contribution is 2.18. The lowest BCUT2D eigenvalue weighted by molar-refractivity contribution is 0.0697. The zero-order valence-corrected chi connectivity index (χ0v) is 11.6.